The van der Waals surface area contributed by atoms with Crippen LogP contribution in [0.2, 0.25) is 0 Å². The first-order valence-corrected chi connectivity index (χ1v) is 6.52. The summed E-state index contributed by atoms with van der Waals surface area (Å²) in [5, 5.41) is 0. The number of hydrogen-bond donors (Lipinski definition) is 1. The molecule has 0 spiro atoms. The molecule has 2 rings (SSSR count). The number of aryl methyl sites for hydroxylation is 3. The summed E-state index contributed by atoms with van der Waals surface area (Å²) < 4.78 is 0. The van der Waals surface area contributed by atoms with Gasteiger partial charge in [0.15, 0.2) is 0 Å². The molecule has 0 fully saturated rings. The Labute approximate surface area is 114 Å². The molecule has 0 aliphatic heterocycles. The van der Waals surface area contributed by atoms with Crippen LogP contribution in [0.4, 0.5) is 0 Å². The Kier molecular flexibility index (Phi) is 4.00. The number of hydrogen-bond acceptors (Lipinski definition) is 1. The third-order valence-electron chi connectivity index (χ3n) is 3.66. The van der Waals surface area contributed by atoms with Crippen molar-refractivity contribution in [2.24, 2.45) is 5.73 Å². The Morgan fingerprint density at radius 1 is 0.947 bits per heavy atom. The number of amides is 1. The van der Waals surface area contributed by atoms with Gasteiger partial charge in [-0.25, -0.2) is 0 Å². The molecule has 98 valence electrons. The van der Waals surface area contributed by atoms with Gasteiger partial charge in [-0.2, -0.15) is 0 Å². The maximum Gasteiger partial charge on any atom is 0.248 e. The molecule has 1 amide bonds. The predicted molar refractivity (Wildman–Crippen MR) is 78.3 cm³/mol. The number of benzene rings is 2. The van der Waals surface area contributed by atoms with E-state index in [0.29, 0.717) is 5.56 Å². The molecule has 0 radical (unpaired) electrons. The summed E-state index contributed by atoms with van der Waals surface area (Å²) in [6.07, 6.45) is 1.77. The first kappa shape index (κ1) is 13.3. The van der Waals surface area contributed by atoms with Crippen LogP contribution in [0.3, 0.4) is 0 Å². The molecule has 2 N–H and O–H groups in total. The van der Waals surface area contributed by atoms with E-state index in [2.05, 4.69) is 32.0 Å². The molecule has 19 heavy (non-hydrogen) atoms. The topological polar surface area (TPSA) is 43.1 Å². The highest BCUT2D eigenvalue weighted by molar-refractivity contribution is 5.94. The van der Waals surface area contributed by atoms with Crippen molar-refractivity contribution in [3.05, 3.63) is 70.3 Å². The Morgan fingerprint density at radius 3 is 2.32 bits per heavy atom. The van der Waals surface area contributed by atoms with Crippen LogP contribution in [-0.2, 0) is 12.8 Å². The standard InChI is InChI=1S/C17H19NO/c1-12-6-5-8-14(13(12)2)10-11-15-7-3-4-9-16(15)17(18)19/h3-9H,10-11H2,1-2H3,(H2,18,19). The van der Waals surface area contributed by atoms with Gasteiger partial charge in [0.05, 0.1) is 0 Å². The Morgan fingerprint density at radius 2 is 1.58 bits per heavy atom. The molecule has 0 saturated heterocycles. The maximum absolute atomic E-state index is 11.4. The van der Waals surface area contributed by atoms with E-state index < -0.39 is 0 Å². The summed E-state index contributed by atoms with van der Waals surface area (Å²) in [4.78, 5) is 11.4. The lowest BCUT2D eigenvalue weighted by atomic mass is 9.95. The summed E-state index contributed by atoms with van der Waals surface area (Å²) in [5.74, 6) is -0.350. The van der Waals surface area contributed by atoms with Crippen LogP contribution in [0, 0.1) is 13.8 Å². The molecule has 0 aliphatic rings. The Balaban J connectivity index is 2.19. The van der Waals surface area contributed by atoms with Crippen molar-refractivity contribution in [1.29, 1.82) is 0 Å². The van der Waals surface area contributed by atoms with E-state index >= 15 is 0 Å². The van der Waals surface area contributed by atoms with Gasteiger partial charge in [0.25, 0.3) is 0 Å². The van der Waals surface area contributed by atoms with E-state index in [4.69, 9.17) is 5.73 Å². The third-order valence-corrected chi connectivity index (χ3v) is 3.66. The van der Waals surface area contributed by atoms with Crippen LogP contribution in [-0.4, -0.2) is 5.91 Å². The molecule has 2 heteroatoms. The quantitative estimate of drug-likeness (QED) is 0.893. The van der Waals surface area contributed by atoms with Gasteiger partial charge in [-0.3, -0.25) is 4.79 Å². The van der Waals surface area contributed by atoms with Crippen LogP contribution >= 0.6 is 0 Å². The van der Waals surface area contributed by atoms with Crippen LogP contribution in [0.1, 0.15) is 32.6 Å². The molecule has 0 atom stereocenters. The maximum atomic E-state index is 11.4. The first-order valence-electron chi connectivity index (χ1n) is 6.52. The molecule has 0 heterocycles. The fourth-order valence-electron chi connectivity index (χ4n) is 2.33. The molecule has 2 aromatic rings. The van der Waals surface area contributed by atoms with E-state index in [9.17, 15) is 4.79 Å². The van der Waals surface area contributed by atoms with Crippen LogP contribution in [0.5, 0.6) is 0 Å². The zero-order valence-electron chi connectivity index (χ0n) is 11.4. The van der Waals surface area contributed by atoms with E-state index in [1.165, 1.54) is 16.7 Å². The highest BCUT2D eigenvalue weighted by atomic mass is 16.1. The van der Waals surface area contributed by atoms with Crippen molar-refractivity contribution in [2.75, 3.05) is 0 Å². The lowest BCUT2D eigenvalue weighted by Crippen LogP contribution is -2.14. The number of nitrogens with two attached hydrogens (primary N) is 1. The minimum Gasteiger partial charge on any atom is -0.366 e. The Bertz CT molecular complexity index is 602. The Hall–Kier alpha value is -2.09. The molecule has 0 aromatic heterocycles. The first-order chi connectivity index (χ1) is 9.09. The summed E-state index contributed by atoms with van der Waals surface area (Å²) in [5.41, 5.74) is 11.0. The molecule has 0 saturated carbocycles. The fourth-order valence-corrected chi connectivity index (χ4v) is 2.33. The van der Waals surface area contributed by atoms with Crippen molar-refractivity contribution < 1.29 is 4.79 Å². The molecule has 0 unspecified atom stereocenters. The lowest BCUT2D eigenvalue weighted by molar-refractivity contribution is 0.0999. The second kappa shape index (κ2) is 5.70. The minimum atomic E-state index is -0.350. The van der Waals surface area contributed by atoms with Gasteiger partial charge in [0, 0.05) is 5.56 Å². The minimum absolute atomic E-state index is 0.350. The van der Waals surface area contributed by atoms with Crippen molar-refractivity contribution in [3.8, 4) is 0 Å². The second-order valence-corrected chi connectivity index (χ2v) is 4.88. The molecular weight excluding hydrogens is 234 g/mol. The largest absolute Gasteiger partial charge is 0.366 e. The number of carbonyl (C=O) groups excluding carboxylic acids is 1. The van der Waals surface area contributed by atoms with Gasteiger partial charge >= 0.3 is 0 Å². The van der Waals surface area contributed by atoms with Gasteiger partial charge in [-0.15, -0.1) is 0 Å². The third kappa shape index (κ3) is 3.02. The SMILES string of the molecule is Cc1cccc(CCc2ccccc2C(N)=O)c1C. The highest BCUT2D eigenvalue weighted by Crippen LogP contribution is 2.17. The van der Waals surface area contributed by atoms with Crippen molar-refractivity contribution in [2.45, 2.75) is 26.7 Å². The zero-order valence-corrected chi connectivity index (χ0v) is 11.4. The van der Waals surface area contributed by atoms with E-state index in [0.717, 1.165) is 18.4 Å². The summed E-state index contributed by atoms with van der Waals surface area (Å²) in [6, 6.07) is 13.9. The highest BCUT2D eigenvalue weighted by Gasteiger charge is 2.08. The number of primary amides is 1. The molecule has 2 nitrogen and oxygen atoms in total. The average molecular weight is 253 g/mol. The van der Waals surface area contributed by atoms with Gasteiger partial charge in [-0.1, -0.05) is 36.4 Å². The molecular formula is C17H19NO. The van der Waals surface area contributed by atoms with Crippen molar-refractivity contribution in [1.82, 2.24) is 0 Å². The molecule has 2 aromatic carbocycles. The van der Waals surface area contributed by atoms with E-state index in [1.807, 2.05) is 18.2 Å². The van der Waals surface area contributed by atoms with Gasteiger partial charge in [0.1, 0.15) is 0 Å². The zero-order chi connectivity index (χ0) is 13.8. The monoisotopic (exact) mass is 253 g/mol. The number of rotatable bonds is 4. The summed E-state index contributed by atoms with van der Waals surface area (Å²) in [7, 11) is 0. The van der Waals surface area contributed by atoms with E-state index in [-0.39, 0.29) is 5.91 Å². The van der Waals surface area contributed by atoms with Gasteiger partial charge in [-0.05, 0) is 55.0 Å². The molecule has 0 aliphatic carbocycles. The van der Waals surface area contributed by atoms with E-state index in [1.54, 1.807) is 6.07 Å². The summed E-state index contributed by atoms with van der Waals surface area (Å²) in [6.45, 7) is 4.26. The van der Waals surface area contributed by atoms with Crippen LogP contribution in [0.25, 0.3) is 0 Å². The predicted octanol–water partition coefficient (Wildman–Crippen LogP) is 3.19. The fraction of sp³-hybridized carbons (Fsp3) is 0.235. The lowest BCUT2D eigenvalue weighted by Gasteiger charge is -2.10. The normalized spacial score (nSPS) is 10.4. The summed E-state index contributed by atoms with van der Waals surface area (Å²) >= 11 is 0. The van der Waals surface area contributed by atoms with Crippen molar-refractivity contribution >= 4 is 5.91 Å². The van der Waals surface area contributed by atoms with Crippen molar-refractivity contribution in [3.63, 3.8) is 0 Å². The van der Waals surface area contributed by atoms with Crippen LogP contribution in [0.15, 0.2) is 42.5 Å². The van der Waals surface area contributed by atoms with Crippen LogP contribution < -0.4 is 5.73 Å². The second-order valence-electron chi connectivity index (χ2n) is 4.88. The number of carbonyl (C=O) groups is 1. The average Bonchev–Trinajstić information content (AvgIpc) is 2.40. The van der Waals surface area contributed by atoms with Gasteiger partial charge in [0.2, 0.25) is 5.91 Å². The molecule has 0 bridgehead atoms. The smallest absolute Gasteiger partial charge is 0.248 e. The van der Waals surface area contributed by atoms with Gasteiger partial charge < -0.3 is 5.73 Å².